The van der Waals surface area contributed by atoms with E-state index in [4.69, 9.17) is 0 Å². The second kappa shape index (κ2) is 6.88. The third-order valence-corrected chi connectivity index (χ3v) is 4.83. The standard InChI is InChI=1S/C21H13F5N2O/c1-10-6-2-5-9-13(10)28-20(11-7-3-4-8-12(11)21(28)29)27-19-17(25)15(23)14(22)16(24)18(19)26/h2-9,20,27H,1H3. The van der Waals surface area contributed by atoms with Crippen molar-refractivity contribution in [2.24, 2.45) is 0 Å². The van der Waals surface area contributed by atoms with Gasteiger partial charge in [-0.1, -0.05) is 36.4 Å². The van der Waals surface area contributed by atoms with E-state index < -0.39 is 46.8 Å². The van der Waals surface area contributed by atoms with E-state index in [2.05, 4.69) is 5.32 Å². The molecule has 0 saturated carbocycles. The summed E-state index contributed by atoms with van der Waals surface area (Å²) >= 11 is 0. The summed E-state index contributed by atoms with van der Waals surface area (Å²) in [6.45, 7) is 1.74. The van der Waals surface area contributed by atoms with Crippen LogP contribution in [0, 0.1) is 36.0 Å². The number of carbonyl (C=O) groups is 1. The Hall–Kier alpha value is -3.42. The highest BCUT2D eigenvalue weighted by Gasteiger charge is 2.39. The molecule has 0 bridgehead atoms. The third kappa shape index (κ3) is 2.83. The van der Waals surface area contributed by atoms with Gasteiger partial charge in [0.1, 0.15) is 11.9 Å². The molecule has 3 aromatic rings. The number of hydrogen-bond donors (Lipinski definition) is 1. The lowest BCUT2D eigenvalue weighted by Crippen LogP contribution is -2.33. The monoisotopic (exact) mass is 404 g/mol. The van der Waals surface area contributed by atoms with Crippen LogP contribution in [0.25, 0.3) is 0 Å². The van der Waals surface area contributed by atoms with Crippen LogP contribution in [0.1, 0.15) is 27.7 Å². The van der Waals surface area contributed by atoms with Gasteiger partial charge >= 0.3 is 0 Å². The summed E-state index contributed by atoms with van der Waals surface area (Å²) < 4.78 is 69.2. The van der Waals surface area contributed by atoms with Gasteiger partial charge in [-0.05, 0) is 24.6 Å². The molecule has 3 nitrogen and oxygen atoms in total. The summed E-state index contributed by atoms with van der Waals surface area (Å²) in [5.74, 6) is -10.8. The fourth-order valence-electron chi connectivity index (χ4n) is 3.41. The molecule has 0 aliphatic carbocycles. The van der Waals surface area contributed by atoms with Crippen molar-refractivity contribution in [2.75, 3.05) is 10.2 Å². The highest BCUT2D eigenvalue weighted by atomic mass is 19.2. The van der Waals surface area contributed by atoms with Crippen molar-refractivity contribution < 1.29 is 26.7 Å². The van der Waals surface area contributed by atoms with Crippen LogP contribution in [-0.4, -0.2) is 5.91 Å². The molecule has 1 aliphatic heterocycles. The number of aryl methyl sites for hydroxylation is 1. The van der Waals surface area contributed by atoms with Gasteiger partial charge in [0, 0.05) is 16.8 Å². The fraction of sp³-hybridized carbons (Fsp3) is 0.0952. The van der Waals surface area contributed by atoms with Gasteiger partial charge in [0.05, 0.1) is 0 Å². The summed E-state index contributed by atoms with van der Waals surface area (Å²) in [7, 11) is 0. The Labute approximate surface area is 162 Å². The first-order chi connectivity index (χ1) is 13.8. The van der Waals surface area contributed by atoms with Gasteiger partial charge in [0.25, 0.3) is 5.91 Å². The van der Waals surface area contributed by atoms with E-state index in [1.807, 2.05) is 0 Å². The number of hydrogen-bond acceptors (Lipinski definition) is 2. The molecule has 0 spiro atoms. The molecule has 0 aromatic heterocycles. The number of nitrogens with zero attached hydrogens (tertiary/aromatic N) is 1. The minimum absolute atomic E-state index is 0.261. The van der Waals surface area contributed by atoms with Crippen LogP contribution in [0.2, 0.25) is 0 Å². The van der Waals surface area contributed by atoms with E-state index in [-0.39, 0.29) is 5.56 Å². The molecular weight excluding hydrogens is 391 g/mol. The second-order valence-corrected chi connectivity index (χ2v) is 6.54. The van der Waals surface area contributed by atoms with Crippen molar-refractivity contribution in [1.82, 2.24) is 0 Å². The average molecular weight is 404 g/mol. The predicted octanol–water partition coefficient (Wildman–Crippen LogP) is 5.46. The van der Waals surface area contributed by atoms with Gasteiger partial charge in [-0.15, -0.1) is 0 Å². The van der Waals surface area contributed by atoms with E-state index in [9.17, 15) is 26.7 Å². The zero-order valence-corrected chi connectivity index (χ0v) is 14.9. The summed E-state index contributed by atoms with van der Waals surface area (Å²) in [5.41, 5.74) is 0.546. The maximum atomic E-state index is 14.3. The number of benzene rings is 3. The quantitative estimate of drug-likeness (QED) is 0.357. The summed E-state index contributed by atoms with van der Waals surface area (Å²) in [5, 5.41) is 2.36. The Morgan fingerprint density at radius 1 is 0.793 bits per heavy atom. The molecule has 29 heavy (non-hydrogen) atoms. The lowest BCUT2D eigenvalue weighted by atomic mass is 10.1. The average Bonchev–Trinajstić information content (AvgIpc) is 3.00. The Bertz CT molecular complexity index is 1120. The first-order valence-corrected chi connectivity index (χ1v) is 8.59. The second-order valence-electron chi connectivity index (χ2n) is 6.54. The summed E-state index contributed by atoms with van der Waals surface area (Å²) in [6, 6.07) is 13.1. The molecule has 1 unspecified atom stereocenters. The van der Waals surface area contributed by atoms with E-state index >= 15 is 0 Å². The number of nitrogens with one attached hydrogen (secondary N) is 1. The Morgan fingerprint density at radius 2 is 1.34 bits per heavy atom. The summed E-state index contributed by atoms with van der Waals surface area (Å²) in [4.78, 5) is 14.2. The largest absolute Gasteiger partial charge is 0.356 e. The maximum Gasteiger partial charge on any atom is 0.260 e. The van der Waals surface area contributed by atoms with Crippen molar-refractivity contribution in [2.45, 2.75) is 13.1 Å². The van der Waals surface area contributed by atoms with Crippen LogP contribution >= 0.6 is 0 Å². The molecular formula is C21H13F5N2O. The maximum absolute atomic E-state index is 14.3. The van der Waals surface area contributed by atoms with Gasteiger partial charge < -0.3 is 5.32 Å². The first kappa shape index (κ1) is 18.9. The third-order valence-electron chi connectivity index (χ3n) is 4.83. The normalized spacial score (nSPS) is 15.6. The molecule has 0 radical (unpaired) electrons. The highest BCUT2D eigenvalue weighted by molar-refractivity contribution is 6.11. The highest BCUT2D eigenvalue weighted by Crippen LogP contribution is 2.40. The zero-order valence-electron chi connectivity index (χ0n) is 14.9. The topological polar surface area (TPSA) is 32.3 Å². The zero-order chi connectivity index (χ0) is 20.9. The van der Waals surface area contributed by atoms with Gasteiger partial charge in [-0.25, -0.2) is 22.0 Å². The minimum atomic E-state index is -2.25. The molecule has 1 amide bonds. The number of fused-ring (bicyclic) bond motifs is 1. The van der Waals surface area contributed by atoms with Crippen molar-refractivity contribution in [3.05, 3.63) is 94.3 Å². The van der Waals surface area contributed by atoms with E-state index in [0.29, 0.717) is 16.8 Å². The van der Waals surface area contributed by atoms with Crippen LogP contribution in [0.15, 0.2) is 48.5 Å². The number of carbonyl (C=O) groups excluding carboxylic acids is 1. The number of halogens is 5. The smallest absolute Gasteiger partial charge is 0.260 e. The Kier molecular flexibility index (Phi) is 4.49. The van der Waals surface area contributed by atoms with Gasteiger partial charge in [-0.3, -0.25) is 9.69 Å². The van der Waals surface area contributed by atoms with Gasteiger partial charge in [-0.2, -0.15) is 0 Å². The molecule has 148 valence electrons. The molecule has 1 atom stereocenters. The SMILES string of the molecule is Cc1ccccc1N1C(=O)c2ccccc2C1Nc1c(F)c(F)c(F)c(F)c1F. The van der Waals surface area contributed by atoms with Crippen LogP contribution in [0.3, 0.4) is 0 Å². The van der Waals surface area contributed by atoms with Crippen LogP contribution in [-0.2, 0) is 0 Å². The summed E-state index contributed by atoms with van der Waals surface area (Å²) in [6.07, 6.45) is -1.17. The Morgan fingerprint density at radius 3 is 2.00 bits per heavy atom. The molecule has 3 aromatic carbocycles. The van der Waals surface area contributed by atoms with Gasteiger partial charge in [0.15, 0.2) is 23.3 Å². The van der Waals surface area contributed by atoms with Crippen molar-refractivity contribution >= 4 is 17.3 Å². The van der Waals surface area contributed by atoms with E-state index in [1.54, 1.807) is 49.4 Å². The number of rotatable bonds is 3. The lowest BCUT2D eigenvalue weighted by Gasteiger charge is -2.28. The molecule has 0 fully saturated rings. The van der Waals surface area contributed by atoms with Crippen LogP contribution in [0.5, 0.6) is 0 Å². The lowest BCUT2D eigenvalue weighted by molar-refractivity contribution is 0.0992. The van der Waals surface area contributed by atoms with Crippen molar-refractivity contribution in [3.8, 4) is 0 Å². The van der Waals surface area contributed by atoms with Crippen molar-refractivity contribution in [1.29, 1.82) is 0 Å². The number of anilines is 2. The molecule has 4 rings (SSSR count). The molecule has 1 aliphatic rings. The predicted molar refractivity (Wildman–Crippen MR) is 97.0 cm³/mol. The molecule has 0 saturated heterocycles. The minimum Gasteiger partial charge on any atom is -0.356 e. The number of amides is 1. The van der Waals surface area contributed by atoms with Crippen LogP contribution in [0.4, 0.5) is 33.3 Å². The first-order valence-electron chi connectivity index (χ1n) is 8.59. The molecule has 8 heteroatoms. The molecule has 1 N–H and O–H groups in total. The Balaban J connectivity index is 1.89. The number of para-hydroxylation sites is 1. The van der Waals surface area contributed by atoms with Crippen LogP contribution < -0.4 is 10.2 Å². The molecule has 1 heterocycles. The van der Waals surface area contributed by atoms with E-state index in [0.717, 1.165) is 0 Å². The van der Waals surface area contributed by atoms with E-state index in [1.165, 1.54) is 11.0 Å². The van der Waals surface area contributed by atoms with Crippen molar-refractivity contribution in [3.63, 3.8) is 0 Å². The fourth-order valence-corrected chi connectivity index (χ4v) is 3.41. The van der Waals surface area contributed by atoms with Gasteiger partial charge in [0.2, 0.25) is 5.82 Å².